The molecule has 0 unspecified atom stereocenters. The number of piperidine rings is 1. The summed E-state index contributed by atoms with van der Waals surface area (Å²) in [5, 5.41) is 2.79. The van der Waals surface area contributed by atoms with Crippen LogP contribution >= 0.6 is 0 Å². The van der Waals surface area contributed by atoms with Crippen molar-refractivity contribution < 1.29 is 4.79 Å². The maximum absolute atomic E-state index is 11.4. The third kappa shape index (κ3) is 4.34. The standard InChI is InChI=1S/C20H25N3O/c1-2-20(24)22-19-9-8-18(15-21-19)23-12-10-17(11-13-23)14-16-6-4-3-5-7-16/h3-9,15,17H,2,10-14H2,1H3,(H,21,22,24). The lowest BCUT2D eigenvalue weighted by atomic mass is 9.90. The monoisotopic (exact) mass is 323 g/mol. The van der Waals surface area contributed by atoms with Gasteiger partial charge in [0.2, 0.25) is 5.91 Å². The molecule has 1 N–H and O–H groups in total. The number of anilines is 2. The topological polar surface area (TPSA) is 45.2 Å². The molecule has 4 nitrogen and oxygen atoms in total. The average Bonchev–Trinajstić information content (AvgIpc) is 2.64. The summed E-state index contributed by atoms with van der Waals surface area (Å²) < 4.78 is 0. The molecule has 0 spiro atoms. The second-order valence-corrected chi connectivity index (χ2v) is 6.42. The van der Waals surface area contributed by atoms with Crippen LogP contribution in [0.5, 0.6) is 0 Å². The summed E-state index contributed by atoms with van der Waals surface area (Å²) in [6.07, 6.45) is 5.93. The van der Waals surface area contributed by atoms with Crippen LogP contribution in [-0.4, -0.2) is 24.0 Å². The van der Waals surface area contributed by atoms with Crippen LogP contribution in [0.4, 0.5) is 11.5 Å². The Balaban J connectivity index is 1.52. The number of nitrogens with one attached hydrogen (secondary N) is 1. The summed E-state index contributed by atoms with van der Waals surface area (Å²) in [6, 6.07) is 14.7. The maximum atomic E-state index is 11.4. The van der Waals surface area contributed by atoms with Crippen molar-refractivity contribution in [3.8, 4) is 0 Å². The zero-order valence-corrected chi connectivity index (χ0v) is 14.2. The molecule has 0 bridgehead atoms. The third-order valence-electron chi connectivity index (χ3n) is 4.68. The molecule has 0 saturated carbocycles. The van der Waals surface area contributed by atoms with E-state index in [1.54, 1.807) is 0 Å². The van der Waals surface area contributed by atoms with Crippen LogP contribution in [0, 0.1) is 5.92 Å². The molecule has 1 saturated heterocycles. The van der Waals surface area contributed by atoms with Gasteiger partial charge in [0.1, 0.15) is 5.82 Å². The molecule has 0 aliphatic carbocycles. The van der Waals surface area contributed by atoms with E-state index in [9.17, 15) is 4.79 Å². The Labute approximate surface area is 143 Å². The van der Waals surface area contributed by atoms with E-state index < -0.39 is 0 Å². The Kier molecular flexibility index (Phi) is 5.47. The molecule has 3 rings (SSSR count). The van der Waals surface area contributed by atoms with Crippen molar-refractivity contribution in [1.82, 2.24) is 4.98 Å². The lowest BCUT2D eigenvalue weighted by Crippen LogP contribution is -2.34. The summed E-state index contributed by atoms with van der Waals surface area (Å²) in [6.45, 7) is 3.98. The number of carbonyl (C=O) groups is 1. The fourth-order valence-corrected chi connectivity index (χ4v) is 3.22. The van der Waals surface area contributed by atoms with E-state index >= 15 is 0 Å². The SMILES string of the molecule is CCC(=O)Nc1ccc(N2CCC(Cc3ccccc3)CC2)cn1. The number of hydrogen-bond donors (Lipinski definition) is 1. The molecule has 1 fully saturated rings. The van der Waals surface area contributed by atoms with Crippen molar-refractivity contribution >= 4 is 17.4 Å². The van der Waals surface area contributed by atoms with Gasteiger partial charge >= 0.3 is 0 Å². The van der Waals surface area contributed by atoms with Crippen molar-refractivity contribution in [3.63, 3.8) is 0 Å². The van der Waals surface area contributed by atoms with Gasteiger partial charge in [0.25, 0.3) is 0 Å². The first-order chi connectivity index (χ1) is 11.7. The highest BCUT2D eigenvalue weighted by Crippen LogP contribution is 2.25. The predicted octanol–water partition coefficient (Wildman–Crippen LogP) is 3.89. The first-order valence-electron chi connectivity index (χ1n) is 8.79. The summed E-state index contributed by atoms with van der Waals surface area (Å²) in [4.78, 5) is 18.1. The zero-order chi connectivity index (χ0) is 16.8. The van der Waals surface area contributed by atoms with Gasteiger partial charge in [-0.05, 0) is 42.9 Å². The molecule has 0 radical (unpaired) electrons. The van der Waals surface area contributed by atoms with E-state index in [0.29, 0.717) is 12.2 Å². The van der Waals surface area contributed by atoms with Gasteiger partial charge in [-0.3, -0.25) is 4.79 Å². The van der Waals surface area contributed by atoms with Crippen LogP contribution < -0.4 is 10.2 Å². The van der Waals surface area contributed by atoms with Crippen molar-refractivity contribution in [2.45, 2.75) is 32.6 Å². The molecule has 24 heavy (non-hydrogen) atoms. The summed E-state index contributed by atoms with van der Waals surface area (Å²) in [5.41, 5.74) is 2.58. The van der Waals surface area contributed by atoms with Gasteiger partial charge in [-0.2, -0.15) is 0 Å². The van der Waals surface area contributed by atoms with Crippen LogP contribution in [0.25, 0.3) is 0 Å². The van der Waals surface area contributed by atoms with Gasteiger partial charge < -0.3 is 10.2 Å². The second kappa shape index (κ2) is 7.95. The van der Waals surface area contributed by atoms with E-state index in [1.807, 2.05) is 19.2 Å². The molecule has 126 valence electrons. The number of aromatic nitrogens is 1. The Hall–Kier alpha value is -2.36. The predicted molar refractivity (Wildman–Crippen MR) is 98.2 cm³/mol. The van der Waals surface area contributed by atoms with E-state index in [2.05, 4.69) is 51.6 Å². The van der Waals surface area contributed by atoms with Gasteiger partial charge in [-0.1, -0.05) is 37.3 Å². The van der Waals surface area contributed by atoms with Crippen molar-refractivity contribution in [2.75, 3.05) is 23.3 Å². The van der Waals surface area contributed by atoms with Gasteiger partial charge in [-0.15, -0.1) is 0 Å². The Bertz CT molecular complexity index is 646. The number of hydrogen-bond acceptors (Lipinski definition) is 3. The Morgan fingerprint density at radius 2 is 1.92 bits per heavy atom. The number of carbonyl (C=O) groups excluding carboxylic acids is 1. The average molecular weight is 323 g/mol. The van der Waals surface area contributed by atoms with E-state index in [0.717, 1.165) is 24.7 Å². The molecule has 1 aliphatic rings. The summed E-state index contributed by atoms with van der Waals surface area (Å²) in [5.74, 6) is 1.39. The fraction of sp³-hybridized carbons (Fsp3) is 0.400. The molecule has 0 atom stereocenters. The van der Waals surface area contributed by atoms with Crippen LogP contribution in [0.3, 0.4) is 0 Å². The van der Waals surface area contributed by atoms with Gasteiger partial charge in [-0.25, -0.2) is 4.98 Å². The molecule has 4 heteroatoms. The van der Waals surface area contributed by atoms with E-state index in [-0.39, 0.29) is 5.91 Å². The van der Waals surface area contributed by atoms with Gasteiger partial charge in [0.15, 0.2) is 0 Å². The lowest BCUT2D eigenvalue weighted by molar-refractivity contribution is -0.115. The third-order valence-corrected chi connectivity index (χ3v) is 4.68. The Morgan fingerprint density at radius 1 is 1.17 bits per heavy atom. The van der Waals surface area contributed by atoms with E-state index in [1.165, 1.54) is 24.8 Å². The minimum Gasteiger partial charge on any atom is -0.370 e. The van der Waals surface area contributed by atoms with Crippen molar-refractivity contribution in [3.05, 3.63) is 54.2 Å². The van der Waals surface area contributed by atoms with Crippen molar-refractivity contribution in [2.24, 2.45) is 5.92 Å². The number of pyridine rings is 1. The molecule has 1 amide bonds. The fourth-order valence-electron chi connectivity index (χ4n) is 3.22. The Morgan fingerprint density at radius 3 is 2.54 bits per heavy atom. The number of nitrogens with zero attached hydrogens (tertiary/aromatic N) is 2. The number of rotatable bonds is 5. The second-order valence-electron chi connectivity index (χ2n) is 6.42. The molecular formula is C20H25N3O. The maximum Gasteiger partial charge on any atom is 0.225 e. The van der Waals surface area contributed by atoms with Crippen LogP contribution in [0.1, 0.15) is 31.7 Å². The highest BCUT2D eigenvalue weighted by molar-refractivity contribution is 5.89. The number of benzene rings is 1. The number of amides is 1. The molecular weight excluding hydrogens is 298 g/mol. The zero-order valence-electron chi connectivity index (χ0n) is 14.2. The van der Waals surface area contributed by atoms with Gasteiger partial charge in [0, 0.05) is 19.5 Å². The first-order valence-corrected chi connectivity index (χ1v) is 8.79. The first kappa shape index (κ1) is 16.5. The quantitative estimate of drug-likeness (QED) is 0.908. The normalized spacial score (nSPS) is 15.3. The summed E-state index contributed by atoms with van der Waals surface area (Å²) >= 11 is 0. The molecule has 1 aromatic carbocycles. The highest BCUT2D eigenvalue weighted by atomic mass is 16.1. The lowest BCUT2D eigenvalue weighted by Gasteiger charge is -2.33. The van der Waals surface area contributed by atoms with Gasteiger partial charge in [0.05, 0.1) is 11.9 Å². The summed E-state index contributed by atoms with van der Waals surface area (Å²) in [7, 11) is 0. The largest absolute Gasteiger partial charge is 0.370 e. The van der Waals surface area contributed by atoms with Crippen LogP contribution in [0.2, 0.25) is 0 Å². The highest BCUT2D eigenvalue weighted by Gasteiger charge is 2.20. The minimum atomic E-state index is -0.00280. The smallest absolute Gasteiger partial charge is 0.225 e. The van der Waals surface area contributed by atoms with Crippen molar-refractivity contribution in [1.29, 1.82) is 0 Å². The molecule has 1 aliphatic heterocycles. The molecule has 1 aromatic heterocycles. The molecule has 2 aromatic rings. The minimum absolute atomic E-state index is 0.00280. The van der Waals surface area contributed by atoms with E-state index in [4.69, 9.17) is 0 Å². The van der Waals surface area contributed by atoms with Crippen LogP contribution in [0.15, 0.2) is 48.7 Å². The molecule has 2 heterocycles. The van der Waals surface area contributed by atoms with Crippen LogP contribution in [-0.2, 0) is 11.2 Å².